The maximum absolute atomic E-state index is 8.10. The van der Waals surface area contributed by atoms with Gasteiger partial charge in [-0.05, 0) is 11.6 Å². The minimum Gasteiger partial charge on any atom is -0.411 e. The van der Waals surface area contributed by atoms with E-state index in [0.717, 1.165) is 5.56 Å². The molecule has 1 heterocycles. The molecule has 0 saturated carbocycles. The summed E-state index contributed by atoms with van der Waals surface area (Å²) in [5, 5.41) is 11.0. The Morgan fingerprint density at radius 3 is 2.67 bits per heavy atom. The van der Waals surface area contributed by atoms with E-state index >= 15 is 0 Å². The molecule has 0 amide bonds. The fourth-order valence-electron chi connectivity index (χ4n) is 0.816. The molecule has 1 aromatic rings. The molecule has 0 saturated heterocycles. The summed E-state index contributed by atoms with van der Waals surface area (Å²) < 4.78 is 1.96. The molecular weight excluding hydrogens is 152 g/mol. The SMILES string of the molecule is C[n+]1ccc(C=CC=NO)cc1. The second-order valence-electron chi connectivity index (χ2n) is 2.42. The zero-order valence-corrected chi connectivity index (χ0v) is 6.88. The number of allylic oxidation sites excluding steroid dienone is 1. The van der Waals surface area contributed by atoms with Crippen LogP contribution in [-0.4, -0.2) is 11.4 Å². The van der Waals surface area contributed by atoms with Crippen molar-refractivity contribution in [3.63, 3.8) is 0 Å². The fraction of sp³-hybridized carbons (Fsp3) is 0.111. The zero-order chi connectivity index (χ0) is 8.81. The molecule has 3 heteroatoms. The van der Waals surface area contributed by atoms with Crippen molar-refractivity contribution in [1.29, 1.82) is 0 Å². The van der Waals surface area contributed by atoms with E-state index in [-0.39, 0.29) is 0 Å². The first-order valence-electron chi connectivity index (χ1n) is 3.62. The van der Waals surface area contributed by atoms with E-state index in [1.54, 1.807) is 6.08 Å². The van der Waals surface area contributed by atoms with Crippen LogP contribution in [0.4, 0.5) is 0 Å². The van der Waals surface area contributed by atoms with Crippen LogP contribution in [0.25, 0.3) is 6.08 Å². The molecule has 0 aliphatic heterocycles. The van der Waals surface area contributed by atoms with Crippen molar-refractivity contribution in [2.45, 2.75) is 0 Å². The van der Waals surface area contributed by atoms with Gasteiger partial charge in [0.25, 0.3) is 0 Å². The average Bonchev–Trinajstić information content (AvgIpc) is 2.09. The fourth-order valence-corrected chi connectivity index (χ4v) is 0.816. The van der Waals surface area contributed by atoms with E-state index in [2.05, 4.69) is 5.16 Å². The number of rotatable bonds is 2. The summed E-state index contributed by atoms with van der Waals surface area (Å²) >= 11 is 0. The van der Waals surface area contributed by atoms with Gasteiger partial charge < -0.3 is 5.21 Å². The summed E-state index contributed by atoms with van der Waals surface area (Å²) in [6.45, 7) is 0. The molecule has 0 unspecified atom stereocenters. The van der Waals surface area contributed by atoms with Crippen molar-refractivity contribution in [1.82, 2.24) is 0 Å². The van der Waals surface area contributed by atoms with Crippen molar-refractivity contribution in [2.75, 3.05) is 0 Å². The smallest absolute Gasteiger partial charge is 0.169 e. The second-order valence-corrected chi connectivity index (χ2v) is 2.42. The molecule has 1 N–H and O–H groups in total. The van der Waals surface area contributed by atoms with Crippen LogP contribution in [-0.2, 0) is 7.05 Å². The molecule has 62 valence electrons. The minimum absolute atomic E-state index is 1.08. The molecule has 1 rings (SSSR count). The summed E-state index contributed by atoms with van der Waals surface area (Å²) in [6.07, 6.45) is 8.77. The number of oxime groups is 1. The Bertz CT molecular complexity index is 288. The predicted molar refractivity (Wildman–Crippen MR) is 46.9 cm³/mol. The van der Waals surface area contributed by atoms with Crippen molar-refractivity contribution < 1.29 is 9.77 Å². The monoisotopic (exact) mass is 163 g/mol. The Balaban J connectivity index is 2.70. The summed E-state index contributed by atoms with van der Waals surface area (Å²) in [7, 11) is 1.96. The first-order chi connectivity index (χ1) is 5.83. The molecule has 0 aliphatic carbocycles. The Kier molecular flexibility index (Phi) is 3.02. The van der Waals surface area contributed by atoms with Crippen molar-refractivity contribution in [2.24, 2.45) is 12.2 Å². The second kappa shape index (κ2) is 4.28. The van der Waals surface area contributed by atoms with Gasteiger partial charge in [-0.1, -0.05) is 11.2 Å². The van der Waals surface area contributed by atoms with Crippen LogP contribution in [0.15, 0.2) is 35.8 Å². The highest BCUT2D eigenvalue weighted by Gasteiger charge is 1.89. The quantitative estimate of drug-likeness (QED) is 0.300. The molecule has 0 fully saturated rings. The molecular formula is C9H11N2O+. The Morgan fingerprint density at radius 2 is 2.08 bits per heavy atom. The summed E-state index contributed by atoms with van der Waals surface area (Å²) in [6, 6.07) is 3.95. The van der Waals surface area contributed by atoms with Crippen LogP contribution >= 0.6 is 0 Å². The average molecular weight is 163 g/mol. The normalized spacial score (nSPS) is 11.4. The maximum Gasteiger partial charge on any atom is 0.169 e. The predicted octanol–water partition coefficient (Wildman–Crippen LogP) is 0.984. The van der Waals surface area contributed by atoms with Gasteiger partial charge in [0.1, 0.15) is 7.05 Å². The molecule has 0 aliphatic rings. The topological polar surface area (TPSA) is 36.5 Å². The molecule has 3 nitrogen and oxygen atoms in total. The van der Waals surface area contributed by atoms with E-state index < -0.39 is 0 Å². The standard InChI is InChI=1S/C9H10N2O/c1-11-7-4-9(5-8-11)3-2-6-10-12/h2-8H,1H3/p+1. The number of aryl methyl sites for hydroxylation is 1. The van der Waals surface area contributed by atoms with Crippen LogP contribution < -0.4 is 4.57 Å². The molecule has 0 aromatic carbocycles. The molecule has 1 aromatic heterocycles. The maximum atomic E-state index is 8.10. The third-order valence-electron chi connectivity index (χ3n) is 1.45. The van der Waals surface area contributed by atoms with Gasteiger partial charge in [0, 0.05) is 12.1 Å². The van der Waals surface area contributed by atoms with Gasteiger partial charge >= 0.3 is 0 Å². The first-order valence-corrected chi connectivity index (χ1v) is 3.62. The lowest BCUT2D eigenvalue weighted by Crippen LogP contribution is -2.25. The van der Waals surface area contributed by atoms with E-state index in [0.29, 0.717) is 0 Å². The molecule has 0 atom stereocenters. The lowest BCUT2D eigenvalue weighted by atomic mass is 10.2. The lowest BCUT2D eigenvalue weighted by Gasteiger charge is -1.88. The lowest BCUT2D eigenvalue weighted by molar-refractivity contribution is -0.671. The highest BCUT2D eigenvalue weighted by Crippen LogP contribution is 1.96. The highest BCUT2D eigenvalue weighted by molar-refractivity contribution is 5.77. The van der Waals surface area contributed by atoms with E-state index in [4.69, 9.17) is 5.21 Å². The van der Waals surface area contributed by atoms with Crippen LogP contribution in [0.5, 0.6) is 0 Å². The highest BCUT2D eigenvalue weighted by atomic mass is 16.4. The van der Waals surface area contributed by atoms with Crippen molar-refractivity contribution in [3.8, 4) is 0 Å². The third-order valence-corrected chi connectivity index (χ3v) is 1.45. The van der Waals surface area contributed by atoms with Gasteiger partial charge in [-0.15, -0.1) is 0 Å². The van der Waals surface area contributed by atoms with Gasteiger partial charge in [0.15, 0.2) is 12.4 Å². The van der Waals surface area contributed by atoms with Gasteiger partial charge in [-0.3, -0.25) is 0 Å². The van der Waals surface area contributed by atoms with Gasteiger partial charge in [-0.25, -0.2) is 4.57 Å². The van der Waals surface area contributed by atoms with E-state index in [9.17, 15) is 0 Å². The molecule has 12 heavy (non-hydrogen) atoms. The molecule has 0 spiro atoms. The van der Waals surface area contributed by atoms with Crippen molar-refractivity contribution in [3.05, 3.63) is 36.2 Å². The number of nitrogens with zero attached hydrogens (tertiary/aromatic N) is 2. The summed E-state index contributed by atoms with van der Waals surface area (Å²) in [5.41, 5.74) is 1.08. The first kappa shape index (κ1) is 8.46. The van der Waals surface area contributed by atoms with E-state index in [1.165, 1.54) is 6.21 Å². The Hall–Kier alpha value is -1.64. The van der Waals surface area contributed by atoms with Gasteiger partial charge in [-0.2, -0.15) is 0 Å². The minimum atomic E-state index is 1.08. The number of hydrogen-bond donors (Lipinski definition) is 1. The number of hydrogen-bond acceptors (Lipinski definition) is 2. The Morgan fingerprint density at radius 1 is 1.42 bits per heavy atom. The molecule has 0 radical (unpaired) electrons. The number of aromatic nitrogens is 1. The molecule has 0 bridgehead atoms. The zero-order valence-electron chi connectivity index (χ0n) is 6.88. The number of pyridine rings is 1. The van der Waals surface area contributed by atoms with Crippen LogP contribution in [0.2, 0.25) is 0 Å². The van der Waals surface area contributed by atoms with E-state index in [1.807, 2.05) is 42.2 Å². The Labute approximate surface area is 71.3 Å². The van der Waals surface area contributed by atoms with Crippen LogP contribution in [0, 0.1) is 0 Å². The summed E-state index contributed by atoms with van der Waals surface area (Å²) in [4.78, 5) is 0. The third kappa shape index (κ3) is 2.54. The van der Waals surface area contributed by atoms with Crippen molar-refractivity contribution >= 4 is 12.3 Å². The summed E-state index contributed by atoms with van der Waals surface area (Å²) in [5.74, 6) is 0. The van der Waals surface area contributed by atoms with Gasteiger partial charge in [0.2, 0.25) is 0 Å². The van der Waals surface area contributed by atoms with Gasteiger partial charge in [0.05, 0.1) is 6.21 Å². The van der Waals surface area contributed by atoms with Crippen LogP contribution in [0.3, 0.4) is 0 Å². The van der Waals surface area contributed by atoms with Crippen LogP contribution in [0.1, 0.15) is 5.56 Å². The largest absolute Gasteiger partial charge is 0.411 e.